The summed E-state index contributed by atoms with van der Waals surface area (Å²) in [6.45, 7) is 3.87. The molecular formula is C43H56N7O8S+. The van der Waals surface area contributed by atoms with Gasteiger partial charge in [-0.25, -0.2) is 4.98 Å². The SMILES string of the molecule is COc1ccc2c(O[C@@H]3C[C@H]4C(=O)N[C@]5(C(=O)N[SH+](=O)C6(C)CC6)CC/C(=C/CCCCC[C@H](NC(=O)c6ccn(C)n6)C(=O)N4C3)C5)cc(OC3CCC3)nc2c1C. The van der Waals surface area contributed by atoms with Gasteiger partial charge < -0.3 is 29.7 Å². The smallest absolute Gasteiger partial charge is 0.286 e. The number of nitrogens with zero attached hydrogens (tertiary/aromatic N) is 4. The fraction of sp³-hybridized carbons (Fsp3) is 0.581. The standard InChI is InChI=1S/C43H55N7O8S/c1-26-34(56-4)15-14-30-35(23-36(45-37(26)30)58-28-11-9-12-28)57-29-22-33-39(52)46-43(41(54)48-59(55)42(2)19-20-42)18-16-27(24-43)10-7-5-6-8-13-32(40(53)50(33)25-29)44-38(51)31-17-21-49(3)47-31/h10,14-15,17,21,23,28-29,32-33H,5-9,11-13,16,18-20,22,24-25H2,1-4H3,(H,44,51)(H,46,52)(H,48,54,55)/p+1/b27-10-/t29-,32+,33+,43-,59?/m1/s1. The molecule has 3 aromatic rings. The topological polar surface area (TPSA) is 183 Å². The molecule has 4 heterocycles. The van der Waals surface area contributed by atoms with Crippen molar-refractivity contribution >= 4 is 45.5 Å². The molecule has 2 bridgehead atoms. The molecule has 2 aliphatic heterocycles. The molecule has 316 valence electrons. The number of hydrogen-bond donors (Lipinski definition) is 3. The molecule has 15 nitrogen and oxygen atoms in total. The molecule has 0 radical (unpaired) electrons. The van der Waals surface area contributed by atoms with Gasteiger partial charge in [0.25, 0.3) is 11.8 Å². The molecule has 8 rings (SSSR count). The van der Waals surface area contributed by atoms with Crippen LogP contribution in [0.4, 0.5) is 0 Å². The predicted molar refractivity (Wildman–Crippen MR) is 221 cm³/mol. The third-order valence-corrected chi connectivity index (χ3v) is 14.7. The van der Waals surface area contributed by atoms with Crippen molar-refractivity contribution in [3.8, 4) is 17.4 Å². The van der Waals surface area contributed by atoms with Crippen molar-refractivity contribution in [1.82, 2.24) is 35.0 Å². The Morgan fingerprint density at radius 1 is 1.00 bits per heavy atom. The second-order valence-electron chi connectivity index (χ2n) is 17.3. The lowest BCUT2D eigenvalue weighted by atomic mass is 9.95. The zero-order chi connectivity index (χ0) is 41.5. The molecule has 4 amide bonds. The van der Waals surface area contributed by atoms with E-state index in [1.54, 1.807) is 32.5 Å². The molecule has 3 saturated carbocycles. The first kappa shape index (κ1) is 40.8. The van der Waals surface area contributed by atoms with E-state index in [0.29, 0.717) is 55.0 Å². The van der Waals surface area contributed by atoms with Gasteiger partial charge >= 0.3 is 0 Å². The fourth-order valence-corrected chi connectivity index (χ4v) is 9.85. The van der Waals surface area contributed by atoms with Gasteiger partial charge in [-0.2, -0.15) is 9.82 Å². The van der Waals surface area contributed by atoms with E-state index in [4.69, 9.17) is 19.2 Å². The lowest BCUT2D eigenvalue weighted by Gasteiger charge is -2.32. The number of nitrogens with one attached hydrogen (secondary N) is 3. The molecule has 0 spiro atoms. The van der Waals surface area contributed by atoms with Gasteiger partial charge in [0.15, 0.2) is 11.0 Å². The van der Waals surface area contributed by atoms with Gasteiger partial charge in [0.2, 0.25) is 17.7 Å². The van der Waals surface area contributed by atoms with Gasteiger partial charge in [-0.3, -0.25) is 23.9 Å². The summed E-state index contributed by atoms with van der Waals surface area (Å²) in [5, 5.41) is 11.0. The van der Waals surface area contributed by atoms with Crippen LogP contribution >= 0.6 is 0 Å². The third-order valence-electron chi connectivity index (χ3n) is 12.9. The molecule has 2 aromatic heterocycles. The second kappa shape index (κ2) is 16.6. The Labute approximate surface area is 346 Å². The number of thiol groups is 1. The van der Waals surface area contributed by atoms with E-state index in [0.717, 1.165) is 67.9 Å². The van der Waals surface area contributed by atoms with Crippen LogP contribution < -0.4 is 29.6 Å². The molecule has 3 aliphatic carbocycles. The Hall–Kier alpha value is -4.99. The number of benzene rings is 1. The molecule has 16 heteroatoms. The van der Waals surface area contributed by atoms with Crippen molar-refractivity contribution in [1.29, 1.82) is 0 Å². The van der Waals surface area contributed by atoms with Crippen molar-refractivity contribution in [3.05, 3.63) is 53.4 Å². The highest BCUT2D eigenvalue weighted by atomic mass is 32.2. The maximum atomic E-state index is 14.8. The first-order chi connectivity index (χ1) is 28.3. The number of amides is 4. The average Bonchev–Trinajstić information content (AvgIpc) is 3.49. The van der Waals surface area contributed by atoms with Crippen LogP contribution in [-0.4, -0.2) is 91.5 Å². The molecule has 1 unspecified atom stereocenters. The predicted octanol–water partition coefficient (Wildman–Crippen LogP) is 4.57. The Morgan fingerprint density at radius 2 is 1.81 bits per heavy atom. The number of ether oxygens (including phenoxy) is 3. The molecule has 1 saturated heterocycles. The van der Waals surface area contributed by atoms with Crippen LogP contribution in [-0.2, 0) is 36.6 Å². The number of fused-ring (bicyclic) bond motifs is 4. The maximum Gasteiger partial charge on any atom is 0.286 e. The maximum absolute atomic E-state index is 14.8. The number of aryl methyl sites for hydroxylation is 2. The van der Waals surface area contributed by atoms with E-state index in [-0.39, 0.29) is 24.8 Å². The summed E-state index contributed by atoms with van der Waals surface area (Å²) in [4.78, 5) is 63.6. The van der Waals surface area contributed by atoms with E-state index in [9.17, 15) is 23.4 Å². The van der Waals surface area contributed by atoms with Crippen LogP contribution in [0.2, 0.25) is 0 Å². The van der Waals surface area contributed by atoms with Crippen molar-refractivity contribution in [2.24, 2.45) is 7.05 Å². The zero-order valence-electron chi connectivity index (χ0n) is 34.4. The summed E-state index contributed by atoms with van der Waals surface area (Å²) in [6.07, 6.45) is 12.6. The minimum absolute atomic E-state index is 0.0409. The third kappa shape index (κ3) is 8.55. The van der Waals surface area contributed by atoms with Crippen LogP contribution in [0.1, 0.15) is 113 Å². The van der Waals surface area contributed by atoms with E-state index in [1.165, 1.54) is 9.58 Å². The molecule has 4 fully saturated rings. The number of pyridine rings is 1. The summed E-state index contributed by atoms with van der Waals surface area (Å²) < 4.78 is 35.8. The Balaban J connectivity index is 1.13. The van der Waals surface area contributed by atoms with Gasteiger partial charge in [0.05, 0.1) is 19.2 Å². The molecule has 59 heavy (non-hydrogen) atoms. The molecular weight excluding hydrogens is 775 g/mol. The summed E-state index contributed by atoms with van der Waals surface area (Å²) >= 11 is 0. The van der Waals surface area contributed by atoms with Crippen molar-refractivity contribution < 1.29 is 37.6 Å². The van der Waals surface area contributed by atoms with Gasteiger partial charge in [0, 0.05) is 55.9 Å². The van der Waals surface area contributed by atoms with E-state index in [1.807, 2.05) is 26.0 Å². The zero-order valence-corrected chi connectivity index (χ0v) is 35.3. The second-order valence-corrected chi connectivity index (χ2v) is 19.2. The van der Waals surface area contributed by atoms with E-state index >= 15 is 0 Å². The van der Waals surface area contributed by atoms with Crippen molar-refractivity contribution in [2.75, 3.05) is 13.7 Å². The van der Waals surface area contributed by atoms with Gasteiger partial charge in [0.1, 0.15) is 51.8 Å². The van der Waals surface area contributed by atoms with Crippen LogP contribution in [0.5, 0.6) is 17.4 Å². The quantitative estimate of drug-likeness (QED) is 0.149. The Morgan fingerprint density at radius 3 is 2.53 bits per heavy atom. The summed E-state index contributed by atoms with van der Waals surface area (Å²) in [6, 6.07) is 5.11. The van der Waals surface area contributed by atoms with Crippen molar-refractivity contribution in [3.63, 3.8) is 0 Å². The number of methoxy groups -OCH3 is 1. The van der Waals surface area contributed by atoms with Crippen LogP contribution in [0.15, 0.2) is 42.1 Å². The van der Waals surface area contributed by atoms with E-state index < -0.39 is 63.1 Å². The minimum atomic E-state index is -2.04. The highest BCUT2D eigenvalue weighted by Gasteiger charge is 2.54. The lowest BCUT2D eigenvalue weighted by molar-refractivity contribution is -0.142. The summed E-state index contributed by atoms with van der Waals surface area (Å²) in [5.74, 6) is -0.295. The largest absolute Gasteiger partial charge is 0.496 e. The highest BCUT2D eigenvalue weighted by molar-refractivity contribution is 7.85. The Kier molecular flexibility index (Phi) is 11.5. The lowest BCUT2D eigenvalue weighted by Crippen LogP contribution is -2.62. The number of carbonyl (C=O) groups is 4. The molecule has 5 aliphatic rings. The van der Waals surface area contributed by atoms with Gasteiger partial charge in [-0.05, 0) is 83.4 Å². The first-order valence-corrected chi connectivity index (χ1v) is 22.3. The average molecular weight is 831 g/mol. The van der Waals surface area contributed by atoms with Crippen molar-refractivity contribution in [2.45, 2.75) is 138 Å². The van der Waals surface area contributed by atoms with Crippen LogP contribution in [0, 0.1) is 6.92 Å². The van der Waals surface area contributed by atoms with E-state index in [2.05, 4.69) is 26.5 Å². The van der Waals surface area contributed by atoms with Gasteiger partial charge in [-0.1, -0.05) is 28.7 Å². The minimum Gasteiger partial charge on any atom is -0.496 e. The number of aromatic nitrogens is 3. The summed E-state index contributed by atoms with van der Waals surface area (Å²) in [5.41, 5.74) is 1.39. The molecule has 1 aromatic carbocycles. The molecule has 5 atom stereocenters. The Bertz CT molecular complexity index is 2200. The van der Waals surface area contributed by atoms with Crippen LogP contribution in [0.3, 0.4) is 0 Å². The van der Waals surface area contributed by atoms with Crippen LogP contribution in [0.25, 0.3) is 10.9 Å². The first-order valence-electron chi connectivity index (χ1n) is 21.1. The fourth-order valence-electron chi connectivity index (χ4n) is 8.66. The van der Waals surface area contributed by atoms with Gasteiger partial charge in [-0.15, -0.1) is 0 Å². The number of allylic oxidation sites excluding steroid dienone is 1. The normalized spacial score (nSPS) is 27.2. The number of rotatable bonds is 10. The number of carbonyl (C=O) groups excluding carboxylic acids is 4. The number of hydrogen-bond acceptors (Lipinski definition) is 10. The monoisotopic (exact) mass is 830 g/mol. The summed E-state index contributed by atoms with van der Waals surface area (Å²) in [7, 11) is 1.28. The molecule has 3 N–H and O–H groups in total. The highest BCUT2D eigenvalue weighted by Crippen LogP contribution is 2.42.